The fourth-order valence-corrected chi connectivity index (χ4v) is 3.31. The van der Waals surface area contributed by atoms with Gasteiger partial charge in [-0.1, -0.05) is 78.9 Å². The predicted octanol–water partition coefficient (Wildman–Crippen LogP) is 5.49. The second-order valence-electron chi connectivity index (χ2n) is 6.08. The van der Waals surface area contributed by atoms with Crippen LogP contribution in [0.5, 0.6) is 0 Å². The van der Waals surface area contributed by atoms with E-state index >= 15 is 0 Å². The highest BCUT2D eigenvalue weighted by Gasteiger charge is 2.20. The van der Waals surface area contributed by atoms with Crippen LogP contribution in [0.25, 0.3) is 28.2 Å². The van der Waals surface area contributed by atoms with E-state index in [-0.39, 0.29) is 0 Å². The molecule has 2 nitrogen and oxygen atoms in total. The first kappa shape index (κ1) is 14.7. The minimum Gasteiger partial charge on any atom is -0.327 e. The summed E-state index contributed by atoms with van der Waals surface area (Å²) in [5.74, 6) is 1.01. The molecule has 24 heavy (non-hydrogen) atoms. The number of imidazole rings is 1. The van der Waals surface area contributed by atoms with Gasteiger partial charge in [0, 0.05) is 18.2 Å². The van der Waals surface area contributed by atoms with Gasteiger partial charge in [-0.3, -0.25) is 0 Å². The average Bonchev–Trinajstić information content (AvgIpc) is 3.01. The SMILES string of the molecule is Cn1c(-c2ccccc2)nc(-c2ccccc2)c1C1=CC=CCC1. The van der Waals surface area contributed by atoms with Crippen molar-refractivity contribution in [2.45, 2.75) is 12.8 Å². The van der Waals surface area contributed by atoms with Crippen molar-refractivity contribution in [2.24, 2.45) is 7.05 Å². The first-order valence-electron chi connectivity index (χ1n) is 8.38. The molecule has 2 aromatic carbocycles. The van der Waals surface area contributed by atoms with Crippen LogP contribution < -0.4 is 0 Å². The van der Waals surface area contributed by atoms with E-state index in [1.165, 1.54) is 16.8 Å². The van der Waals surface area contributed by atoms with Gasteiger partial charge in [-0.05, 0) is 18.4 Å². The maximum absolute atomic E-state index is 5.02. The number of hydrogen-bond acceptors (Lipinski definition) is 1. The summed E-state index contributed by atoms with van der Waals surface area (Å²) in [6.07, 6.45) is 8.75. The quantitative estimate of drug-likeness (QED) is 0.625. The summed E-state index contributed by atoms with van der Waals surface area (Å²) in [6.45, 7) is 0. The van der Waals surface area contributed by atoms with Crippen molar-refractivity contribution in [1.82, 2.24) is 9.55 Å². The minimum atomic E-state index is 1.01. The van der Waals surface area contributed by atoms with E-state index in [2.05, 4.69) is 78.4 Å². The zero-order chi connectivity index (χ0) is 16.4. The lowest BCUT2D eigenvalue weighted by Gasteiger charge is -2.13. The van der Waals surface area contributed by atoms with E-state index < -0.39 is 0 Å². The Balaban J connectivity index is 1.95. The van der Waals surface area contributed by atoms with Crippen molar-refractivity contribution in [1.29, 1.82) is 0 Å². The van der Waals surface area contributed by atoms with E-state index in [4.69, 9.17) is 4.98 Å². The Labute approximate surface area is 142 Å². The molecule has 4 rings (SSSR count). The van der Waals surface area contributed by atoms with Gasteiger partial charge in [0.05, 0.1) is 11.4 Å². The van der Waals surface area contributed by atoms with Crippen LogP contribution in [-0.2, 0) is 7.05 Å². The van der Waals surface area contributed by atoms with E-state index in [1.54, 1.807) is 0 Å². The molecule has 0 spiro atoms. The molecule has 0 radical (unpaired) electrons. The highest BCUT2D eigenvalue weighted by atomic mass is 15.1. The van der Waals surface area contributed by atoms with Gasteiger partial charge in [0.25, 0.3) is 0 Å². The molecule has 0 fully saturated rings. The highest BCUT2D eigenvalue weighted by molar-refractivity contribution is 5.81. The third kappa shape index (κ3) is 2.61. The molecule has 0 aliphatic heterocycles. The van der Waals surface area contributed by atoms with E-state index in [0.717, 1.165) is 29.9 Å². The topological polar surface area (TPSA) is 17.8 Å². The van der Waals surface area contributed by atoms with Crippen LogP contribution >= 0.6 is 0 Å². The summed E-state index contributed by atoms with van der Waals surface area (Å²) >= 11 is 0. The lowest BCUT2D eigenvalue weighted by molar-refractivity contribution is 0.893. The summed E-state index contributed by atoms with van der Waals surface area (Å²) in [5, 5.41) is 0. The van der Waals surface area contributed by atoms with Gasteiger partial charge in [0.2, 0.25) is 0 Å². The molecular weight excluding hydrogens is 292 g/mol. The summed E-state index contributed by atoms with van der Waals surface area (Å²) in [4.78, 5) is 5.02. The normalized spacial score (nSPS) is 13.8. The smallest absolute Gasteiger partial charge is 0.140 e. The highest BCUT2D eigenvalue weighted by Crippen LogP contribution is 2.35. The van der Waals surface area contributed by atoms with Crippen molar-refractivity contribution in [3.8, 4) is 22.6 Å². The Kier molecular flexibility index (Phi) is 3.87. The molecule has 1 aliphatic rings. The van der Waals surface area contributed by atoms with Crippen molar-refractivity contribution >= 4 is 5.57 Å². The Morgan fingerprint density at radius 3 is 2.17 bits per heavy atom. The lowest BCUT2D eigenvalue weighted by Crippen LogP contribution is -2.00. The molecule has 1 aromatic heterocycles. The lowest BCUT2D eigenvalue weighted by atomic mass is 9.98. The molecule has 0 atom stereocenters. The number of aromatic nitrogens is 2. The fourth-order valence-electron chi connectivity index (χ4n) is 3.31. The van der Waals surface area contributed by atoms with Gasteiger partial charge in [0.1, 0.15) is 5.82 Å². The van der Waals surface area contributed by atoms with Gasteiger partial charge in [-0.2, -0.15) is 0 Å². The zero-order valence-electron chi connectivity index (χ0n) is 13.8. The Morgan fingerprint density at radius 2 is 1.54 bits per heavy atom. The molecule has 0 N–H and O–H groups in total. The van der Waals surface area contributed by atoms with E-state index in [1.807, 2.05) is 12.1 Å². The third-order valence-corrected chi connectivity index (χ3v) is 4.49. The summed E-state index contributed by atoms with van der Waals surface area (Å²) in [7, 11) is 2.12. The van der Waals surface area contributed by atoms with Crippen LogP contribution in [0.1, 0.15) is 18.5 Å². The molecule has 0 saturated carbocycles. The van der Waals surface area contributed by atoms with Crippen LogP contribution in [0.3, 0.4) is 0 Å². The van der Waals surface area contributed by atoms with E-state index in [0.29, 0.717) is 0 Å². The van der Waals surface area contributed by atoms with Crippen LogP contribution in [-0.4, -0.2) is 9.55 Å². The predicted molar refractivity (Wildman–Crippen MR) is 100 cm³/mol. The van der Waals surface area contributed by atoms with Gasteiger partial charge in [-0.25, -0.2) is 4.98 Å². The van der Waals surface area contributed by atoms with Crippen molar-refractivity contribution in [2.75, 3.05) is 0 Å². The maximum atomic E-state index is 5.02. The number of nitrogens with zero attached hydrogens (tertiary/aromatic N) is 2. The fraction of sp³-hybridized carbons (Fsp3) is 0.136. The second-order valence-corrected chi connectivity index (χ2v) is 6.08. The second kappa shape index (κ2) is 6.32. The summed E-state index contributed by atoms with van der Waals surface area (Å²) < 4.78 is 2.24. The number of rotatable bonds is 3. The monoisotopic (exact) mass is 312 g/mol. The van der Waals surface area contributed by atoms with Crippen LogP contribution in [0.4, 0.5) is 0 Å². The molecule has 118 valence electrons. The summed E-state index contributed by atoms with van der Waals surface area (Å²) in [5.41, 5.74) is 5.97. The van der Waals surface area contributed by atoms with Crippen LogP contribution in [0, 0.1) is 0 Å². The molecule has 0 saturated heterocycles. The maximum Gasteiger partial charge on any atom is 0.140 e. The standard InChI is InChI=1S/C22H20N2/c1-24-21(18-13-7-3-8-14-18)20(17-11-5-2-6-12-17)23-22(24)19-15-9-4-10-16-19/h2-7,9-13,15-16H,8,14H2,1H3. The third-order valence-electron chi connectivity index (χ3n) is 4.49. The number of allylic oxidation sites excluding steroid dienone is 4. The molecule has 0 amide bonds. The molecule has 0 unspecified atom stereocenters. The van der Waals surface area contributed by atoms with Crippen LogP contribution in [0.15, 0.2) is 78.9 Å². The number of benzene rings is 2. The number of hydrogen-bond donors (Lipinski definition) is 0. The Morgan fingerprint density at radius 1 is 0.875 bits per heavy atom. The molecular formula is C22H20N2. The van der Waals surface area contributed by atoms with Crippen molar-refractivity contribution in [3.63, 3.8) is 0 Å². The Bertz CT molecular complexity index is 900. The minimum absolute atomic E-state index is 1.01. The first-order chi connectivity index (χ1) is 11.8. The largest absolute Gasteiger partial charge is 0.327 e. The van der Waals surface area contributed by atoms with Crippen molar-refractivity contribution in [3.05, 3.63) is 84.6 Å². The van der Waals surface area contributed by atoms with E-state index in [9.17, 15) is 0 Å². The first-order valence-corrected chi connectivity index (χ1v) is 8.38. The Hall–Kier alpha value is -2.87. The molecule has 2 heteroatoms. The van der Waals surface area contributed by atoms with Gasteiger partial charge < -0.3 is 4.57 Å². The zero-order valence-corrected chi connectivity index (χ0v) is 13.8. The molecule has 1 aliphatic carbocycles. The van der Waals surface area contributed by atoms with Crippen molar-refractivity contribution < 1.29 is 0 Å². The molecule has 1 heterocycles. The van der Waals surface area contributed by atoms with Gasteiger partial charge in [-0.15, -0.1) is 0 Å². The average molecular weight is 312 g/mol. The van der Waals surface area contributed by atoms with Gasteiger partial charge in [0.15, 0.2) is 0 Å². The molecule has 3 aromatic rings. The molecule has 0 bridgehead atoms. The van der Waals surface area contributed by atoms with Gasteiger partial charge >= 0.3 is 0 Å². The summed E-state index contributed by atoms with van der Waals surface area (Å²) in [6, 6.07) is 20.9. The van der Waals surface area contributed by atoms with Crippen LogP contribution in [0.2, 0.25) is 0 Å².